The first-order valence-corrected chi connectivity index (χ1v) is 7.96. The third-order valence-corrected chi connectivity index (χ3v) is 3.40. The SMILES string of the molecule is CCOCCOC(=O)c1cc(OC)c(OC)cc1NC(=O)c1ccco1. The van der Waals surface area contributed by atoms with Crippen molar-refractivity contribution in [3.05, 3.63) is 41.9 Å². The smallest absolute Gasteiger partial charge is 0.340 e. The Bertz CT molecular complexity index is 740. The van der Waals surface area contributed by atoms with E-state index in [0.717, 1.165) is 0 Å². The standard InChI is InChI=1S/C18H21NO7/c1-4-24-8-9-26-18(21)12-10-15(22-2)16(23-3)11-13(12)19-17(20)14-6-5-7-25-14/h5-7,10-11H,4,8-9H2,1-3H3,(H,19,20). The molecule has 0 fully saturated rings. The largest absolute Gasteiger partial charge is 0.493 e. The highest BCUT2D eigenvalue weighted by Gasteiger charge is 2.21. The van der Waals surface area contributed by atoms with E-state index in [0.29, 0.717) is 18.1 Å². The second-order valence-corrected chi connectivity index (χ2v) is 5.02. The number of hydrogen-bond donors (Lipinski definition) is 1. The van der Waals surface area contributed by atoms with Gasteiger partial charge in [0.05, 0.1) is 38.3 Å². The van der Waals surface area contributed by atoms with Gasteiger partial charge in [-0.3, -0.25) is 4.79 Å². The zero-order valence-electron chi connectivity index (χ0n) is 14.9. The van der Waals surface area contributed by atoms with Gasteiger partial charge >= 0.3 is 5.97 Å². The average molecular weight is 363 g/mol. The highest BCUT2D eigenvalue weighted by atomic mass is 16.6. The molecule has 0 saturated carbocycles. The molecule has 0 spiro atoms. The monoisotopic (exact) mass is 363 g/mol. The van der Waals surface area contributed by atoms with Gasteiger partial charge in [0.1, 0.15) is 6.61 Å². The summed E-state index contributed by atoms with van der Waals surface area (Å²) < 4.78 is 25.8. The molecule has 8 nitrogen and oxygen atoms in total. The lowest BCUT2D eigenvalue weighted by molar-refractivity contribution is 0.0336. The molecule has 1 aromatic heterocycles. The van der Waals surface area contributed by atoms with E-state index in [2.05, 4.69) is 5.32 Å². The van der Waals surface area contributed by atoms with Gasteiger partial charge in [0, 0.05) is 18.7 Å². The highest BCUT2D eigenvalue weighted by molar-refractivity contribution is 6.07. The third-order valence-electron chi connectivity index (χ3n) is 3.40. The second kappa shape index (κ2) is 9.47. The van der Waals surface area contributed by atoms with Crippen LogP contribution in [-0.2, 0) is 9.47 Å². The fraction of sp³-hybridized carbons (Fsp3) is 0.333. The Balaban J connectivity index is 2.27. The maximum atomic E-state index is 12.4. The lowest BCUT2D eigenvalue weighted by atomic mass is 10.1. The van der Waals surface area contributed by atoms with Crippen LogP contribution in [0.5, 0.6) is 11.5 Å². The van der Waals surface area contributed by atoms with Crippen LogP contribution in [0.1, 0.15) is 27.8 Å². The molecule has 1 heterocycles. The summed E-state index contributed by atoms with van der Waals surface area (Å²) in [5.74, 6) is -0.338. The number of hydrogen-bond acceptors (Lipinski definition) is 7. The van der Waals surface area contributed by atoms with Crippen LogP contribution in [0.3, 0.4) is 0 Å². The average Bonchev–Trinajstić information content (AvgIpc) is 3.19. The van der Waals surface area contributed by atoms with Crippen molar-refractivity contribution in [2.75, 3.05) is 39.4 Å². The van der Waals surface area contributed by atoms with Crippen molar-refractivity contribution in [2.24, 2.45) is 0 Å². The molecule has 0 aliphatic carbocycles. The maximum absolute atomic E-state index is 12.4. The lowest BCUT2D eigenvalue weighted by Crippen LogP contribution is -2.17. The molecule has 1 aromatic carbocycles. The van der Waals surface area contributed by atoms with E-state index >= 15 is 0 Å². The van der Waals surface area contributed by atoms with Gasteiger partial charge in [-0.2, -0.15) is 0 Å². The Morgan fingerprint density at radius 3 is 2.46 bits per heavy atom. The first-order valence-electron chi connectivity index (χ1n) is 7.96. The Morgan fingerprint density at radius 2 is 1.85 bits per heavy atom. The predicted octanol–water partition coefficient (Wildman–Crippen LogP) is 2.74. The van der Waals surface area contributed by atoms with Crippen LogP contribution in [-0.4, -0.2) is 45.9 Å². The summed E-state index contributed by atoms with van der Waals surface area (Å²) in [7, 11) is 2.90. The third kappa shape index (κ3) is 4.76. The zero-order chi connectivity index (χ0) is 18.9. The number of esters is 1. The van der Waals surface area contributed by atoms with E-state index in [1.807, 2.05) is 6.92 Å². The number of furan rings is 1. The van der Waals surface area contributed by atoms with E-state index in [4.69, 9.17) is 23.4 Å². The summed E-state index contributed by atoms with van der Waals surface area (Å²) in [6.45, 7) is 2.74. The summed E-state index contributed by atoms with van der Waals surface area (Å²) in [5.41, 5.74) is 0.338. The van der Waals surface area contributed by atoms with E-state index in [1.54, 1.807) is 6.07 Å². The van der Waals surface area contributed by atoms with Crippen LogP contribution in [0.4, 0.5) is 5.69 Å². The van der Waals surface area contributed by atoms with Crippen molar-refractivity contribution >= 4 is 17.6 Å². The number of ether oxygens (including phenoxy) is 4. The van der Waals surface area contributed by atoms with Crippen molar-refractivity contribution < 1.29 is 33.0 Å². The second-order valence-electron chi connectivity index (χ2n) is 5.02. The molecular weight excluding hydrogens is 342 g/mol. The van der Waals surface area contributed by atoms with Crippen LogP contribution in [0.25, 0.3) is 0 Å². The van der Waals surface area contributed by atoms with Crippen molar-refractivity contribution in [3.8, 4) is 11.5 Å². The number of anilines is 1. The van der Waals surface area contributed by atoms with E-state index in [1.165, 1.54) is 38.7 Å². The first kappa shape index (κ1) is 19.3. The van der Waals surface area contributed by atoms with E-state index < -0.39 is 11.9 Å². The summed E-state index contributed by atoms with van der Waals surface area (Å²) >= 11 is 0. The molecule has 0 aliphatic rings. The van der Waals surface area contributed by atoms with Crippen LogP contribution in [0.2, 0.25) is 0 Å². The van der Waals surface area contributed by atoms with Gasteiger partial charge in [-0.25, -0.2) is 4.79 Å². The Hall–Kier alpha value is -3.00. The van der Waals surface area contributed by atoms with Gasteiger partial charge in [0.2, 0.25) is 0 Å². The fourth-order valence-corrected chi connectivity index (χ4v) is 2.16. The molecule has 0 radical (unpaired) electrons. The summed E-state index contributed by atoms with van der Waals surface area (Å²) in [5, 5.41) is 2.62. The quantitative estimate of drug-likeness (QED) is 0.540. The number of methoxy groups -OCH3 is 2. The molecule has 8 heteroatoms. The minimum atomic E-state index is -0.625. The maximum Gasteiger partial charge on any atom is 0.340 e. The number of carbonyl (C=O) groups excluding carboxylic acids is 2. The van der Waals surface area contributed by atoms with Crippen LogP contribution >= 0.6 is 0 Å². The number of nitrogens with one attached hydrogen (secondary N) is 1. The molecule has 0 unspecified atom stereocenters. The van der Waals surface area contributed by atoms with Crippen molar-refractivity contribution in [1.82, 2.24) is 0 Å². The minimum absolute atomic E-state index is 0.0899. The van der Waals surface area contributed by atoms with E-state index in [9.17, 15) is 9.59 Å². The summed E-state index contributed by atoms with van der Waals surface area (Å²) in [4.78, 5) is 24.7. The number of benzene rings is 1. The molecule has 0 aliphatic heterocycles. The predicted molar refractivity (Wildman–Crippen MR) is 93.0 cm³/mol. The highest BCUT2D eigenvalue weighted by Crippen LogP contribution is 2.34. The van der Waals surface area contributed by atoms with Crippen molar-refractivity contribution in [1.29, 1.82) is 0 Å². The molecule has 26 heavy (non-hydrogen) atoms. The van der Waals surface area contributed by atoms with Gasteiger partial charge in [-0.1, -0.05) is 0 Å². The Kier molecular flexibility index (Phi) is 7.04. The van der Waals surface area contributed by atoms with Gasteiger partial charge < -0.3 is 28.7 Å². The number of amides is 1. The lowest BCUT2D eigenvalue weighted by Gasteiger charge is -2.15. The molecule has 2 rings (SSSR count). The summed E-state index contributed by atoms with van der Waals surface area (Å²) in [6.07, 6.45) is 1.38. The van der Waals surface area contributed by atoms with E-state index in [-0.39, 0.29) is 30.2 Å². The zero-order valence-corrected chi connectivity index (χ0v) is 14.9. The van der Waals surface area contributed by atoms with Gasteiger partial charge in [0.25, 0.3) is 5.91 Å². The number of carbonyl (C=O) groups is 2. The molecule has 1 N–H and O–H groups in total. The topological polar surface area (TPSA) is 96.2 Å². The van der Waals surface area contributed by atoms with Gasteiger partial charge in [0.15, 0.2) is 17.3 Å². The molecule has 140 valence electrons. The minimum Gasteiger partial charge on any atom is -0.493 e. The Morgan fingerprint density at radius 1 is 1.12 bits per heavy atom. The van der Waals surface area contributed by atoms with Crippen molar-refractivity contribution in [3.63, 3.8) is 0 Å². The van der Waals surface area contributed by atoms with Crippen molar-refractivity contribution in [2.45, 2.75) is 6.92 Å². The van der Waals surface area contributed by atoms with Gasteiger partial charge in [-0.05, 0) is 19.1 Å². The van der Waals surface area contributed by atoms with Crippen LogP contribution in [0.15, 0.2) is 34.9 Å². The van der Waals surface area contributed by atoms with Crippen LogP contribution in [0, 0.1) is 0 Å². The van der Waals surface area contributed by atoms with Gasteiger partial charge in [-0.15, -0.1) is 0 Å². The Labute approximate surface area is 151 Å². The molecule has 0 atom stereocenters. The molecular formula is C18H21NO7. The molecule has 2 aromatic rings. The number of rotatable bonds is 9. The molecule has 0 saturated heterocycles. The molecule has 0 bridgehead atoms. The fourth-order valence-electron chi connectivity index (χ4n) is 2.16. The summed E-state index contributed by atoms with van der Waals surface area (Å²) in [6, 6.07) is 6.03. The van der Waals surface area contributed by atoms with Crippen LogP contribution < -0.4 is 14.8 Å². The first-order chi connectivity index (χ1) is 12.6. The molecule has 1 amide bonds. The normalized spacial score (nSPS) is 10.3.